The molecule has 2 N–H and O–H groups in total. The minimum absolute atomic E-state index is 0.185. The number of furan rings is 1. The predicted octanol–water partition coefficient (Wildman–Crippen LogP) is 5.87. The van der Waals surface area contributed by atoms with Gasteiger partial charge in [-0.1, -0.05) is 52.8 Å². The fraction of sp³-hybridized carbons (Fsp3) is 0.0455. The van der Waals surface area contributed by atoms with E-state index in [1.54, 1.807) is 36.4 Å². The van der Waals surface area contributed by atoms with E-state index >= 15 is 0 Å². The number of hydrogen-bond donors (Lipinski definition) is 2. The lowest BCUT2D eigenvalue weighted by atomic mass is 10.1. The average Bonchev–Trinajstić information content (AvgIpc) is 3.39. The summed E-state index contributed by atoms with van der Waals surface area (Å²) >= 11 is 7.05. The molecule has 8 heteroatoms. The van der Waals surface area contributed by atoms with Gasteiger partial charge in [-0.3, -0.25) is 14.9 Å². The second-order valence-electron chi connectivity index (χ2n) is 6.46. The summed E-state index contributed by atoms with van der Waals surface area (Å²) < 4.78 is 5.16. The molecule has 2 aromatic heterocycles. The van der Waals surface area contributed by atoms with Gasteiger partial charge in [0, 0.05) is 16.1 Å². The van der Waals surface area contributed by atoms with E-state index in [4.69, 9.17) is 16.0 Å². The number of carbonyl (C=O) groups is 2. The van der Waals surface area contributed by atoms with Gasteiger partial charge >= 0.3 is 0 Å². The third-order valence-corrected chi connectivity index (χ3v) is 5.39. The van der Waals surface area contributed by atoms with Gasteiger partial charge in [-0.15, -0.1) is 0 Å². The standard InChI is InChI=1S/C22H16ClN3O3S/c1-13-4-6-14(7-5-13)18-21(25-20(28)17-3-2-12-29-17)30-22(24-18)26-19(27)15-8-10-16(23)11-9-15/h2-12H,1H3,(H,25,28)(H,24,26,27). The fourth-order valence-corrected chi connectivity index (χ4v) is 3.71. The first-order valence-corrected chi connectivity index (χ1v) is 10.2. The number of aryl methyl sites for hydroxylation is 1. The second-order valence-corrected chi connectivity index (χ2v) is 7.89. The topological polar surface area (TPSA) is 84.2 Å². The molecule has 0 atom stereocenters. The molecule has 0 unspecified atom stereocenters. The van der Waals surface area contributed by atoms with Crippen molar-refractivity contribution in [2.75, 3.05) is 10.6 Å². The predicted molar refractivity (Wildman–Crippen MR) is 118 cm³/mol. The molecule has 0 saturated carbocycles. The molecule has 0 aliphatic heterocycles. The Morgan fingerprint density at radius 1 is 0.967 bits per heavy atom. The van der Waals surface area contributed by atoms with Crippen LogP contribution in [0.5, 0.6) is 0 Å². The van der Waals surface area contributed by atoms with Crippen molar-refractivity contribution in [1.82, 2.24) is 4.98 Å². The second kappa shape index (κ2) is 8.52. The highest BCUT2D eigenvalue weighted by Gasteiger charge is 2.19. The quantitative estimate of drug-likeness (QED) is 0.409. The Bertz CT molecular complexity index is 1180. The number of hydrogen-bond acceptors (Lipinski definition) is 5. The summed E-state index contributed by atoms with van der Waals surface area (Å²) in [5.74, 6) is -0.530. The van der Waals surface area contributed by atoms with E-state index in [0.29, 0.717) is 26.4 Å². The van der Waals surface area contributed by atoms with Crippen LogP contribution in [0.2, 0.25) is 5.02 Å². The molecule has 0 radical (unpaired) electrons. The van der Waals surface area contributed by atoms with E-state index in [2.05, 4.69) is 15.6 Å². The molecule has 6 nitrogen and oxygen atoms in total. The lowest BCUT2D eigenvalue weighted by Gasteiger charge is -2.04. The summed E-state index contributed by atoms with van der Waals surface area (Å²) in [5.41, 5.74) is 2.93. The van der Waals surface area contributed by atoms with E-state index in [9.17, 15) is 9.59 Å². The summed E-state index contributed by atoms with van der Waals surface area (Å²) in [6.07, 6.45) is 1.43. The number of rotatable bonds is 5. The highest BCUT2D eigenvalue weighted by Crippen LogP contribution is 2.36. The van der Waals surface area contributed by atoms with Crippen LogP contribution in [0, 0.1) is 6.92 Å². The van der Waals surface area contributed by atoms with Gasteiger partial charge in [-0.05, 0) is 43.3 Å². The van der Waals surface area contributed by atoms with Crippen LogP contribution in [0.15, 0.2) is 71.3 Å². The highest BCUT2D eigenvalue weighted by molar-refractivity contribution is 7.20. The van der Waals surface area contributed by atoms with Gasteiger partial charge in [0.1, 0.15) is 10.7 Å². The van der Waals surface area contributed by atoms with Crippen molar-refractivity contribution in [3.05, 3.63) is 88.8 Å². The Hall–Kier alpha value is -3.42. The lowest BCUT2D eigenvalue weighted by Crippen LogP contribution is -2.11. The maximum Gasteiger partial charge on any atom is 0.292 e. The smallest absolute Gasteiger partial charge is 0.292 e. The number of benzene rings is 2. The van der Waals surface area contributed by atoms with Gasteiger partial charge in [0.15, 0.2) is 10.9 Å². The molecule has 2 heterocycles. The first kappa shape index (κ1) is 19.9. The summed E-state index contributed by atoms with van der Waals surface area (Å²) in [7, 11) is 0. The van der Waals surface area contributed by atoms with Crippen molar-refractivity contribution < 1.29 is 14.0 Å². The molecule has 0 spiro atoms. The fourth-order valence-electron chi connectivity index (χ4n) is 2.71. The number of nitrogens with zero attached hydrogens (tertiary/aromatic N) is 1. The Morgan fingerprint density at radius 3 is 2.37 bits per heavy atom. The van der Waals surface area contributed by atoms with E-state index in [1.807, 2.05) is 31.2 Å². The Labute approximate surface area is 181 Å². The monoisotopic (exact) mass is 437 g/mol. The van der Waals surface area contributed by atoms with Gasteiger partial charge in [0.05, 0.1) is 6.26 Å². The van der Waals surface area contributed by atoms with E-state index in [0.717, 1.165) is 11.1 Å². The number of nitrogens with one attached hydrogen (secondary N) is 2. The Balaban J connectivity index is 1.64. The number of amides is 2. The maximum atomic E-state index is 12.5. The van der Waals surface area contributed by atoms with Crippen molar-refractivity contribution in [3.8, 4) is 11.3 Å². The van der Waals surface area contributed by atoms with Crippen molar-refractivity contribution in [2.45, 2.75) is 6.92 Å². The van der Waals surface area contributed by atoms with Gasteiger partial charge < -0.3 is 9.73 Å². The van der Waals surface area contributed by atoms with Crippen LogP contribution in [0.25, 0.3) is 11.3 Å². The summed E-state index contributed by atoms with van der Waals surface area (Å²) in [5, 5.41) is 7.01. The number of anilines is 2. The van der Waals surface area contributed by atoms with Crippen molar-refractivity contribution >= 4 is 44.9 Å². The molecule has 2 aromatic carbocycles. The lowest BCUT2D eigenvalue weighted by molar-refractivity contribution is 0.0995. The molecule has 2 amide bonds. The van der Waals surface area contributed by atoms with Crippen molar-refractivity contribution in [3.63, 3.8) is 0 Å². The Kier molecular flexibility index (Phi) is 5.65. The first-order valence-electron chi connectivity index (χ1n) is 8.99. The van der Waals surface area contributed by atoms with Crippen LogP contribution in [0.4, 0.5) is 10.1 Å². The third-order valence-electron chi connectivity index (χ3n) is 4.25. The molecule has 0 bridgehead atoms. The first-order chi connectivity index (χ1) is 14.5. The summed E-state index contributed by atoms with van der Waals surface area (Å²) in [6, 6.07) is 17.5. The van der Waals surface area contributed by atoms with E-state index < -0.39 is 5.91 Å². The van der Waals surface area contributed by atoms with Crippen molar-refractivity contribution in [1.29, 1.82) is 0 Å². The van der Waals surface area contributed by atoms with E-state index in [1.165, 1.54) is 17.6 Å². The molecule has 4 rings (SSSR count). The summed E-state index contributed by atoms with van der Waals surface area (Å²) in [4.78, 5) is 29.6. The van der Waals surface area contributed by atoms with Crippen LogP contribution in [-0.4, -0.2) is 16.8 Å². The minimum atomic E-state index is -0.396. The molecule has 0 aliphatic rings. The Morgan fingerprint density at radius 2 is 1.70 bits per heavy atom. The molecule has 4 aromatic rings. The van der Waals surface area contributed by atoms with Crippen LogP contribution >= 0.6 is 22.9 Å². The van der Waals surface area contributed by atoms with Crippen LogP contribution in [0.3, 0.4) is 0 Å². The molecule has 150 valence electrons. The third kappa shape index (κ3) is 4.42. The van der Waals surface area contributed by atoms with Crippen molar-refractivity contribution in [2.24, 2.45) is 0 Å². The van der Waals surface area contributed by atoms with Gasteiger partial charge in [0.2, 0.25) is 0 Å². The number of carbonyl (C=O) groups excluding carboxylic acids is 2. The number of thiazole rings is 1. The zero-order valence-electron chi connectivity index (χ0n) is 15.8. The SMILES string of the molecule is Cc1ccc(-c2nc(NC(=O)c3ccc(Cl)cc3)sc2NC(=O)c2ccco2)cc1. The molecule has 0 fully saturated rings. The van der Waals surface area contributed by atoms with Crippen LogP contribution in [-0.2, 0) is 0 Å². The molecule has 30 heavy (non-hydrogen) atoms. The maximum absolute atomic E-state index is 12.5. The summed E-state index contributed by atoms with van der Waals surface area (Å²) in [6.45, 7) is 1.99. The molecular weight excluding hydrogens is 422 g/mol. The zero-order chi connectivity index (χ0) is 21.1. The average molecular weight is 438 g/mol. The largest absolute Gasteiger partial charge is 0.459 e. The highest BCUT2D eigenvalue weighted by atomic mass is 35.5. The van der Waals surface area contributed by atoms with Crippen LogP contribution in [0.1, 0.15) is 26.5 Å². The zero-order valence-corrected chi connectivity index (χ0v) is 17.4. The van der Waals surface area contributed by atoms with Gasteiger partial charge in [0.25, 0.3) is 11.8 Å². The molecule has 0 aliphatic carbocycles. The van der Waals surface area contributed by atoms with Gasteiger partial charge in [-0.2, -0.15) is 0 Å². The normalized spacial score (nSPS) is 10.6. The number of halogens is 1. The van der Waals surface area contributed by atoms with Gasteiger partial charge in [-0.25, -0.2) is 4.98 Å². The number of aromatic nitrogens is 1. The van der Waals surface area contributed by atoms with E-state index in [-0.39, 0.29) is 11.7 Å². The minimum Gasteiger partial charge on any atom is -0.459 e. The molecule has 0 saturated heterocycles. The molecular formula is C22H16ClN3O3S. The van der Waals surface area contributed by atoms with Crippen LogP contribution < -0.4 is 10.6 Å².